The fourth-order valence-electron chi connectivity index (χ4n) is 5.07. The smallest absolute Gasteiger partial charge is 0.417 e. The van der Waals surface area contributed by atoms with Crippen molar-refractivity contribution in [3.8, 4) is 28.7 Å². The van der Waals surface area contributed by atoms with Gasteiger partial charge < -0.3 is 37.4 Å². The minimum absolute atomic E-state index is 0.128. The predicted molar refractivity (Wildman–Crippen MR) is 220 cm³/mol. The van der Waals surface area contributed by atoms with Crippen molar-refractivity contribution < 1.29 is 59.2 Å². The summed E-state index contributed by atoms with van der Waals surface area (Å²) in [5, 5.41) is 24.6. The molecule has 0 radical (unpaired) electrons. The Morgan fingerprint density at radius 1 is 0.644 bits per heavy atom. The molecular formula is C41H34N2O13S3. The number of anilines is 3. The molecule has 0 saturated heterocycles. The van der Waals surface area contributed by atoms with E-state index in [1.807, 2.05) is 38.1 Å². The lowest BCUT2D eigenvalue weighted by Crippen LogP contribution is -2.16. The van der Waals surface area contributed by atoms with Gasteiger partial charge in [-0.25, -0.2) is 13.9 Å². The van der Waals surface area contributed by atoms with Gasteiger partial charge in [-0.05, 0) is 111 Å². The van der Waals surface area contributed by atoms with E-state index in [-0.39, 0.29) is 39.9 Å². The molecule has 2 atom stereocenters. The third-order valence-corrected chi connectivity index (χ3v) is 10.1. The first kappa shape index (κ1) is 42.2. The van der Waals surface area contributed by atoms with Gasteiger partial charge in [0.2, 0.25) is 11.1 Å². The fourth-order valence-corrected chi connectivity index (χ4v) is 6.69. The molecule has 6 rings (SSSR count). The maximum Gasteiger partial charge on any atom is 0.417 e. The lowest BCUT2D eigenvalue weighted by molar-refractivity contribution is -0.252. The summed E-state index contributed by atoms with van der Waals surface area (Å²) < 4.78 is 52.4. The lowest BCUT2D eigenvalue weighted by atomic mass is 10.1. The number of carbonyl (C=O) groups is 2. The van der Waals surface area contributed by atoms with Gasteiger partial charge in [0.1, 0.15) is 29.6 Å². The third kappa shape index (κ3) is 12.3. The quantitative estimate of drug-likeness (QED) is 0.0260. The van der Waals surface area contributed by atoms with Crippen LogP contribution in [-0.2, 0) is 38.3 Å². The molecule has 0 aromatic heterocycles. The molecule has 0 heterocycles. The van der Waals surface area contributed by atoms with E-state index in [0.717, 1.165) is 11.1 Å². The molecular weight excluding hydrogens is 825 g/mol. The van der Waals surface area contributed by atoms with Crippen molar-refractivity contribution in [3.63, 3.8) is 0 Å². The number of hydrogen-bond donors (Lipinski definition) is 4. The minimum Gasteiger partial charge on any atom is -0.478 e. The molecule has 0 spiro atoms. The van der Waals surface area contributed by atoms with Gasteiger partial charge in [0, 0.05) is 28.7 Å². The van der Waals surface area contributed by atoms with Crippen LogP contribution in [0.2, 0.25) is 0 Å². The summed E-state index contributed by atoms with van der Waals surface area (Å²) in [7, 11) is 0. The van der Waals surface area contributed by atoms with Gasteiger partial charge in [-0.1, -0.05) is 45.8 Å². The van der Waals surface area contributed by atoms with E-state index in [4.69, 9.17) is 31.2 Å². The van der Waals surface area contributed by atoms with E-state index in [2.05, 4.69) is 15.5 Å². The zero-order valence-electron chi connectivity index (χ0n) is 31.0. The molecule has 15 nitrogen and oxygen atoms in total. The highest BCUT2D eigenvalue weighted by atomic mass is 32.2. The molecule has 304 valence electrons. The number of rotatable bonds is 19. The summed E-state index contributed by atoms with van der Waals surface area (Å²) in [4.78, 5) is 34.8. The van der Waals surface area contributed by atoms with E-state index in [0.29, 0.717) is 46.4 Å². The second kappa shape index (κ2) is 20.3. The van der Waals surface area contributed by atoms with Crippen LogP contribution in [0.3, 0.4) is 0 Å². The van der Waals surface area contributed by atoms with Crippen molar-refractivity contribution in [1.82, 2.24) is 0 Å². The minimum atomic E-state index is -2.14. The van der Waals surface area contributed by atoms with Crippen LogP contribution in [0.5, 0.6) is 28.7 Å². The number of aryl methyl sites for hydroxylation is 2. The van der Waals surface area contributed by atoms with Crippen molar-refractivity contribution >= 4 is 63.7 Å². The SMILES string of the molecule is Cc1ccc(OOSOc2ccc(C(=O)O)c(C(=O)Nc3ccc(S(=O)Oc4ccc(Nc5cc(OS(=O)Oc6ccc(C)cc6)ccc5COO)cc4)cc3)c2)cc1. The van der Waals surface area contributed by atoms with Gasteiger partial charge >= 0.3 is 17.3 Å². The molecule has 0 fully saturated rings. The van der Waals surface area contributed by atoms with Crippen LogP contribution in [-0.4, -0.2) is 30.7 Å². The first-order valence-corrected chi connectivity index (χ1v) is 20.0. The zero-order valence-corrected chi connectivity index (χ0v) is 33.5. The Balaban J connectivity index is 1.03. The molecule has 18 heteroatoms. The number of carboxylic acid groups (broad SMARTS) is 1. The number of hydrogen-bond acceptors (Lipinski definition) is 14. The van der Waals surface area contributed by atoms with Crippen molar-refractivity contribution in [2.75, 3.05) is 10.6 Å². The van der Waals surface area contributed by atoms with Gasteiger partial charge in [-0.15, -0.1) is 0 Å². The number of aromatic carboxylic acids is 1. The molecule has 6 aromatic carbocycles. The standard InChI is InChI=1S/C41H34N2O13S3/c1-26-3-12-31(13-4-26)51-56-57-52-34-19-22-37(41(45)46)38(23-34)40(44)43-30-10-20-36(21-11-30)58(48)53-32-17-8-29(9-18-32)42-39-24-35(16-7-28(39)25-50-47)55-59(49)54-33-14-5-27(2)6-15-33/h3-24,42,47H,25H2,1-2H3,(H,43,44)(H,45,46). The van der Waals surface area contributed by atoms with Crippen LogP contribution in [0.25, 0.3) is 0 Å². The molecule has 1 amide bonds. The fraction of sp³-hybridized carbons (Fsp3) is 0.0732. The van der Waals surface area contributed by atoms with E-state index in [9.17, 15) is 23.1 Å². The number of amides is 1. The van der Waals surface area contributed by atoms with Crippen LogP contribution < -0.4 is 32.3 Å². The normalized spacial score (nSPS) is 11.8. The van der Waals surface area contributed by atoms with Crippen LogP contribution in [0.1, 0.15) is 37.4 Å². The second-order valence-corrected chi connectivity index (χ2v) is 14.6. The van der Waals surface area contributed by atoms with Gasteiger partial charge in [0.15, 0.2) is 5.75 Å². The van der Waals surface area contributed by atoms with Crippen LogP contribution in [0, 0.1) is 13.8 Å². The summed E-state index contributed by atoms with van der Waals surface area (Å²) in [6, 6.07) is 35.1. The van der Waals surface area contributed by atoms with E-state index >= 15 is 0 Å². The average Bonchev–Trinajstić information content (AvgIpc) is 3.23. The molecule has 6 aromatic rings. The van der Waals surface area contributed by atoms with Gasteiger partial charge in [0.05, 0.1) is 16.0 Å². The monoisotopic (exact) mass is 858 g/mol. The molecule has 0 saturated carbocycles. The highest BCUT2D eigenvalue weighted by Gasteiger charge is 2.19. The Labute approximate surface area is 347 Å². The first-order valence-electron chi connectivity index (χ1n) is 17.3. The lowest BCUT2D eigenvalue weighted by Gasteiger charge is -2.14. The maximum atomic E-state index is 13.2. The Hall–Kier alpha value is -6.41. The largest absolute Gasteiger partial charge is 0.478 e. The molecule has 2 unspecified atom stereocenters. The zero-order chi connectivity index (χ0) is 41.7. The average molecular weight is 859 g/mol. The van der Waals surface area contributed by atoms with E-state index in [1.54, 1.807) is 66.7 Å². The summed E-state index contributed by atoms with van der Waals surface area (Å²) in [5.74, 6) is -0.613. The van der Waals surface area contributed by atoms with Crippen LogP contribution in [0.4, 0.5) is 17.1 Å². The summed E-state index contributed by atoms with van der Waals surface area (Å²) in [6.45, 7) is 3.70. The van der Waals surface area contributed by atoms with E-state index in [1.165, 1.54) is 42.5 Å². The van der Waals surface area contributed by atoms with Crippen LogP contribution in [0.15, 0.2) is 138 Å². The number of carboxylic acids is 1. The van der Waals surface area contributed by atoms with Gasteiger partial charge in [-0.3, -0.25) is 10.1 Å². The van der Waals surface area contributed by atoms with Crippen molar-refractivity contribution in [3.05, 3.63) is 161 Å². The summed E-state index contributed by atoms with van der Waals surface area (Å²) >= 11 is -3.61. The topological polar surface area (TPSA) is 197 Å². The Morgan fingerprint density at radius 3 is 1.88 bits per heavy atom. The Kier molecular flexibility index (Phi) is 14.5. The van der Waals surface area contributed by atoms with Crippen molar-refractivity contribution in [2.24, 2.45) is 0 Å². The summed E-state index contributed by atoms with van der Waals surface area (Å²) in [5.41, 5.74) is 3.53. The van der Waals surface area contributed by atoms with Crippen molar-refractivity contribution in [2.45, 2.75) is 25.3 Å². The van der Waals surface area contributed by atoms with E-state index < -0.39 is 34.3 Å². The highest BCUT2D eigenvalue weighted by Crippen LogP contribution is 2.30. The van der Waals surface area contributed by atoms with Gasteiger partial charge in [0.25, 0.3) is 18.2 Å². The molecule has 0 aliphatic rings. The molecule has 59 heavy (non-hydrogen) atoms. The van der Waals surface area contributed by atoms with Gasteiger partial charge in [-0.2, -0.15) is 4.21 Å². The molecule has 4 N–H and O–H groups in total. The maximum absolute atomic E-state index is 13.2. The number of carbonyl (C=O) groups excluding carboxylic acids is 1. The van der Waals surface area contributed by atoms with Crippen LogP contribution >= 0.6 is 12.3 Å². The highest BCUT2D eigenvalue weighted by molar-refractivity contribution is 7.90. The number of nitrogens with one attached hydrogen (secondary N) is 2. The molecule has 0 bridgehead atoms. The van der Waals surface area contributed by atoms with Crippen molar-refractivity contribution in [1.29, 1.82) is 0 Å². The number of benzene rings is 6. The third-order valence-electron chi connectivity index (χ3n) is 8.04. The molecule has 0 aliphatic carbocycles. The molecule has 0 aliphatic heterocycles. The Bertz CT molecular complexity index is 2430. The second-order valence-electron chi connectivity index (χ2n) is 12.4. The first-order chi connectivity index (χ1) is 28.5. The Morgan fingerprint density at radius 2 is 1.22 bits per heavy atom. The summed E-state index contributed by atoms with van der Waals surface area (Å²) in [6.07, 6.45) is 0. The predicted octanol–water partition coefficient (Wildman–Crippen LogP) is 9.08.